The summed E-state index contributed by atoms with van der Waals surface area (Å²) >= 11 is 0. The lowest BCUT2D eigenvalue weighted by atomic mass is 9.87. The first kappa shape index (κ1) is 13.7. The van der Waals surface area contributed by atoms with Gasteiger partial charge in [-0.25, -0.2) is 0 Å². The second-order valence-corrected chi connectivity index (χ2v) is 5.89. The Kier molecular flexibility index (Phi) is 3.41. The van der Waals surface area contributed by atoms with Crippen LogP contribution in [0.4, 0.5) is 0 Å². The Balaban J connectivity index is 2.36. The van der Waals surface area contributed by atoms with Crippen LogP contribution in [0.5, 0.6) is 0 Å². The Morgan fingerprint density at radius 3 is 2.42 bits per heavy atom. The van der Waals surface area contributed by atoms with Gasteiger partial charge in [-0.2, -0.15) is 4.98 Å². The number of aryl methyl sites for hydroxylation is 2. The molecule has 5 nitrogen and oxygen atoms in total. The second kappa shape index (κ2) is 4.74. The van der Waals surface area contributed by atoms with Crippen LogP contribution in [-0.4, -0.2) is 15.1 Å². The highest BCUT2D eigenvalue weighted by atomic mass is 16.5. The van der Waals surface area contributed by atoms with Gasteiger partial charge in [0.05, 0.1) is 17.3 Å². The number of pyridine rings is 1. The molecule has 0 aliphatic carbocycles. The zero-order valence-corrected chi connectivity index (χ0v) is 12.1. The normalized spacial score (nSPS) is 13.6. The zero-order valence-electron chi connectivity index (χ0n) is 12.1. The van der Waals surface area contributed by atoms with Gasteiger partial charge in [0, 0.05) is 5.69 Å². The molecule has 2 N–H and O–H groups in total. The molecule has 0 fully saturated rings. The maximum Gasteiger partial charge on any atom is 0.259 e. The summed E-state index contributed by atoms with van der Waals surface area (Å²) in [5.74, 6) is 1.00. The van der Waals surface area contributed by atoms with Gasteiger partial charge in [0.1, 0.15) is 0 Å². The van der Waals surface area contributed by atoms with Gasteiger partial charge in [-0.15, -0.1) is 0 Å². The number of hydrogen-bond donors (Lipinski definition) is 1. The summed E-state index contributed by atoms with van der Waals surface area (Å²) in [5.41, 5.74) is 8.71. The van der Waals surface area contributed by atoms with E-state index >= 15 is 0 Å². The van der Waals surface area contributed by atoms with Gasteiger partial charge in [0.25, 0.3) is 5.89 Å². The van der Waals surface area contributed by atoms with E-state index in [1.54, 1.807) is 0 Å². The minimum Gasteiger partial charge on any atom is -0.334 e. The van der Waals surface area contributed by atoms with Gasteiger partial charge < -0.3 is 10.3 Å². The highest BCUT2D eigenvalue weighted by Gasteiger charge is 2.27. The Morgan fingerprint density at radius 1 is 1.16 bits per heavy atom. The van der Waals surface area contributed by atoms with Crippen molar-refractivity contribution in [1.29, 1.82) is 0 Å². The molecule has 2 aromatic rings. The Hall–Kier alpha value is -1.75. The van der Waals surface area contributed by atoms with Crippen molar-refractivity contribution in [3.8, 4) is 11.5 Å². The van der Waals surface area contributed by atoms with Gasteiger partial charge in [-0.1, -0.05) is 25.9 Å². The minimum absolute atomic E-state index is 0.109. The fourth-order valence-corrected chi connectivity index (χ4v) is 1.77. The number of hydrogen-bond acceptors (Lipinski definition) is 5. The molecule has 1 atom stereocenters. The van der Waals surface area contributed by atoms with E-state index in [0.29, 0.717) is 11.7 Å². The first-order chi connectivity index (χ1) is 8.79. The molecule has 0 bridgehead atoms. The SMILES string of the molecule is Cc1ccc(-c2nc(C(N)C(C)(C)C)no2)c(C)n1. The highest BCUT2D eigenvalue weighted by molar-refractivity contribution is 5.55. The molecule has 2 rings (SSSR count). The van der Waals surface area contributed by atoms with Crippen molar-refractivity contribution in [2.75, 3.05) is 0 Å². The van der Waals surface area contributed by atoms with E-state index in [0.717, 1.165) is 17.0 Å². The van der Waals surface area contributed by atoms with E-state index < -0.39 is 0 Å². The fourth-order valence-electron chi connectivity index (χ4n) is 1.77. The summed E-state index contributed by atoms with van der Waals surface area (Å²) in [6.45, 7) is 10.0. The predicted octanol–water partition coefficient (Wildman–Crippen LogP) is 2.79. The van der Waals surface area contributed by atoms with Crippen LogP contribution in [-0.2, 0) is 0 Å². The van der Waals surface area contributed by atoms with Gasteiger partial charge in [-0.05, 0) is 31.4 Å². The quantitative estimate of drug-likeness (QED) is 0.898. The molecule has 1 unspecified atom stereocenters. The molecule has 19 heavy (non-hydrogen) atoms. The molecule has 0 saturated carbocycles. The summed E-state index contributed by atoms with van der Waals surface area (Å²) in [4.78, 5) is 8.79. The molecule has 0 saturated heterocycles. The summed E-state index contributed by atoms with van der Waals surface area (Å²) in [6, 6.07) is 3.61. The topological polar surface area (TPSA) is 77.8 Å². The Labute approximate surface area is 113 Å². The third-order valence-electron chi connectivity index (χ3n) is 3.11. The summed E-state index contributed by atoms with van der Waals surface area (Å²) < 4.78 is 5.31. The fraction of sp³-hybridized carbons (Fsp3) is 0.500. The lowest BCUT2D eigenvalue weighted by Crippen LogP contribution is -2.27. The van der Waals surface area contributed by atoms with E-state index in [2.05, 4.69) is 15.1 Å². The van der Waals surface area contributed by atoms with Crippen LogP contribution in [0.15, 0.2) is 16.7 Å². The third-order valence-corrected chi connectivity index (χ3v) is 3.11. The van der Waals surface area contributed by atoms with Crippen LogP contribution < -0.4 is 5.73 Å². The monoisotopic (exact) mass is 260 g/mol. The van der Waals surface area contributed by atoms with Gasteiger partial charge in [-0.3, -0.25) is 4.98 Å². The largest absolute Gasteiger partial charge is 0.334 e. The Morgan fingerprint density at radius 2 is 1.84 bits per heavy atom. The van der Waals surface area contributed by atoms with Crippen LogP contribution >= 0.6 is 0 Å². The van der Waals surface area contributed by atoms with E-state index in [-0.39, 0.29) is 11.5 Å². The molecule has 2 heterocycles. The zero-order chi connectivity index (χ0) is 14.2. The predicted molar refractivity (Wildman–Crippen MR) is 73.4 cm³/mol. The van der Waals surface area contributed by atoms with Crippen LogP contribution in [0.3, 0.4) is 0 Å². The van der Waals surface area contributed by atoms with Crippen molar-refractivity contribution in [3.63, 3.8) is 0 Å². The van der Waals surface area contributed by atoms with E-state index in [4.69, 9.17) is 10.3 Å². The molecule has 0 aliphatic rings. The first-order valence-electron chi connectivity index (χ1n) is 6.33. The van der Waals surface area contributed by atoms with Crippen molar-refractivity contribution in [1.82, 2.24) is 15.1 Å². The minimum atomic E-state index is -0.260. The molecule has 2 aromatic heterocycles. The number of aromatic nitrogens is 3. The average molecular weight is 260 g/mol. The lowest BCUT2D eigenvalue weighted by Gasteiger charge is -2.23. The van der Waals surface area contributed by atoms with Crippen molar-refractivity contribution in [2.24, 2.45) is 11.1 Å². The van der Waals surface area contributed by atoms with E-state index in [1.165, 1.54) is 0 Å². The Bertz CT molecular complexity index is 583. The van der Waals surface area contributed by atoms with Crippen LogP contribution in [0.25, 0.3) is 11.5 Å². The van der Waals surface area contributed by atoms with Gasteiger partial charge in [0.15, 0.2) is 5.82 Å². The maximum absolute atomic E-state index is 6.12. The molecule has 0 amide bonds. The molecule has 5 heteroatoms. The van der Waals surface area contributed by atoms with Crippen LogP contribution in [0.1, 0.15) is 44.0 Å². The number of rotatable bonds is 2. The number of nitrogens with two attached hydrogens (primary N) is 1. The highest BCUT2D eigenvalue weighted by Crippen LogP contribution is 2.30. The number of nitrogens with zero attached hydrogens (tertiary/aromatic N) is 3. The maximum atomic E-state index is 6.12. The average Bonchev–Trinajstić information content (AvgIpc) is 2.75. The molecular weight excluding hydrogens is 240 g/mol. The molecular formula is C14H20N4O. The standard InChI is InChI=1S/C14H20N4O/c1-8-6-7-10(9(2)16-8)13-17-12(18-19-13)11(15)14(3,4)5/h6-7,11H,15H2,1-5H3. The van der Waals surface area contributed by atoms with E-state index in [9.17, 15) is 0 Å². The lowest BCUT2D eigenvalue weighted by molar-refractivity contribution is 0.303. The van der Waals surface area contributed by atoms with Gasteiger partial charge >= 0.3 is 0 Å². The van der Waals surface area contributed by atoms with Crippen LogP contribution in [0, 0.1) is 19.3 Å². The summed E-state index contributed by atoms with van der Waals surface area (Å²) in [7, 11) is 0. The van der Waals surface area contributed by atoms with Crippen molar-refractivity contribution in [3.05, 3.63) is 29.3 Å². The molecule has 0 aromatic carbocycles. The van der Waals surface area contributed by atoms with Gasteiger partial charge in [0.2, 0.25) is 0 Å². The molecule has 0 radical (unpaired) electrons. The molecule has 0 spiro atoms. The third kappa shape index (κ3) is 2.81. The smallest absolute Gasteiger partial charge is 0.259 e. The van der Waals surface area contributed by atoms with Crippen LogP contribution in [0.2, 0.25) is 0 Å². The first-order valence-corrected chi connectivity index (χ1v) is 6.33. The molecule has 102 valence electrons. The van der Waals surface area contributed by atoms with E-state index in [1.807, 2.05) is 46.8 Å². The second-order valence-electron chi connectivity index (χ2n) is 5.89. The van der Waals surface area contributed by atoms with Crippen molar-refractivity contribution >= 4 is 0 Å². The molecule has 0 aliphatic heterocycles. The summed E-state index contributed by atoms with van der Waals surface area (Å²) in [5, 5.41) is 3.98. The van der Waals surface area contributed by atoms with Crippen molar-refractivity contribution in [2.45, 2.75) is 40.7 Å². The van der Waals surface area contributed by atoms with Crippen molar-refractivity contribution < 1.29 is 4.52 Å². The summed E-state index contributed by atoms with van der Waals surface area (Å²) in [6.07, 6.45) is 0.